The van der Waals surface area contributed by atoms with Crippen LogP contribution in [0.4, 0.5) is 5.69 Å². The highest BCUT2D eigenvalue weighted by molar-refractivity contribution is 5.39. The molecular formula is C12H18N2O2. The molecule has 1 unspecified atom stereocenters. The summed E-state index contributed by atoms with van der Waals surface area (Å²) in [6, 6.07) is 7.19. The Labute approximate surface area is 95.8 Å². The lowest BCUT2D eigenvalue weighted by Crippen LogP contribution is -2.30. The first kappa shape index (κ1) is 12.6. The first-order valence-corrected chi connectivity index (χ1v) is 5.48. The fourth-order valence-corrected chi connectivity index (χ4v) is 1.35. The summed E-state index contributed by atoms with van der Waals surface area (Å²) in [5.74, 6) is 0.516. The van der Waals surface area contributed by atoms with Crippen LogP contribution in [0.25, 0.3) is 0 Å². The van der Waals surface area contributed by atoms with Crippen molar-refractivity contribution in [2.45, 2.75) is 33.4 Å². The quantitative estimate of drug-likeness (QED) is 0.615. The molecule has 1 aromatic rings. The molecule has 0 aliphatic heterocycles. The SMILES string of the molecule is CC(C)C(C)NCc1ccccc1[N+](=O)[O-]. The van der Waals surface area contributed by atoms with E-state index >= 15 is 0 Å². The summed E-state index contributed by atoms with van der Waals surface area (Å²) < 4.78 is 0. The van der Waals surface area contributed by atoms with E-state index in [4.69, 9.17) is 0 Å². The van der Waals surface area contributed by atoms with E-state index in [1.54, 1.807) is 12.1 Å². The van der Waals surface area contributed by atoms with Gasteiger partial charge in [-0.1, -0.05) is 32.0 Å². The van der Waals surface area contributed by atoms with Crippen LogP contribution in [0.5, 0.6) is 0 Å². The lowest BCUT2D eigenvalue weighted by Gasteiger charge is -2.17. The number of benzene rings is 1. The molecule has 0 heterocycles. The van der Waals surface area contributed by atoms with E-state index in [1.807, 2.05) is 6.07 Å². The molecule has 88 valence electrons. The van der Waals surface area contributed by atoms with Gasteiger partial charge < -0.3 is 5.32 Å². The molecule has 0 spiro atoms. The smallest absolute Gasteiger partial charge is 0.273 e. The third-order valence-electron chi connectivity index (χ3n) is 2.80. The Bertz CT molecular complexity index is 364. The van der Waals surface area contributed by atoms with Crippen molar-refractivity contribution in [3.05, 3.63) is 39.9 Å². The van der Waals surface area contributed by atoms with Gasteiger partial charge in [0.2, 0.25) is 0 Å². The summed E-state index contributed by atoms with van der Waals surface area (Å²) in [4.78, 5) is 10.4. The number of hydrogen-bond acceptors (Lipinski definition) is 3. The predicted octanol–water partition coefficient (Wildman–Crippen LogP) is 2.73. The van der Waals surface area contributed by atoms with Gasteiger partial charge >= 0.3 is 0 Å². The number of nitro groups is 1. The minimum atomic E-state index is -0.336. The molecule has 0 aromatic heterocycles. The van der Waals surface area contributed by atoms with Gasteiger partial charge in [0.25, 0.3) is 5.69 Å². The van der Waals surface area contributed by atoms with E-state index in [9.17, 15) is 10.1 Å². The van der Waals surface area contributed by atoms with E-state index in [2.05, 4.69) is 26.1 Å². The third-order valence-corrected chi connectivity index (χ3v) is 2.80. The number of nitro benzene ring substituents is 1. The summed E-state index contributed by atoms with van der Waals surface area (Å²) in [7, 11) is 0. The number of rotatable bonds is 5. The van der Waals surface area contributed by atoms with Gasteiger partial charge in [-0.05, 0) is 12.8 Å². The van der Waals surface area contributed by atoms with Gasteiger partial charge in [0.1, 0.15) is 0 Å². The second-order valence-corrected chi connectivity index (χ2v) is 4.30. The summed E-state index contributed by atoms with van der Waals surface area (Å²) >= 11 is 0. The zero-order valence-electron chi connectivity index (χ0n) is 9.93. The van der Waals surface area contributed by atoms with Crippen molar-refractivity contribution < 1.29 is 4.92 Å². The molecule has 0 bridgehead atoms. The van der Waals surface area contributed by atoms with Crippen LogP contribution >= 0.6 is 0 Å². The molecule has 4 heteroatoms. The van der Waals surface area contributed by atoms with Gasteiger partial charge in [-0.3, -0.25) is 10.1 Å². The first-order valence-electron chi connectivity index (χ1n) is 5.48. The summed E-state index contributed by atoms with van der Waals surface area (Å²) in [6.45, 7) is 6.87. The molecule has 1 rings (SSSR count). The molecule has 1 aromatic carbocycles. The molecule has 0 saturated heterocycles. The highest BCUT2D eigenvalue weighted by Crippen LogP contribution is 2.17. The fraction of sp³-hybridized carbons (Fsp3) is 0.500. The van der Waals surface area contributed by atoms with Crippen LogP contribution in [0.1, 0.15) is 26.3 Å². The van der Waals surface area contributed by atoms with Crippen LogP contribution in [0.2, 0.25) is 0 Å². The largest absolute Gasteiger partial charge is 0.310 e. The molecule has 0 saturated carbocycles. The highest BCUT2D eigenvalue weighted by atomic mass is 16.6. The Balaban J connectivity index is 2.70. The monoisotopic (exact) mass is 222 g/mol. The highest BCUT2D eigenvalue weighted by Gasteiger charge is 2.13. The van der Waals surface area contributed by atoms with Crippen molar-refractivity contribution in [3.8, 4) is 0 Å². The molecule has 16 heavy (non-hydrogen) atoms. The average Bonchev–Trinajstić information content (AvgIpc) is 2.25. The van der Waals surface area contributed by atoms with Gasteiger partial charge in [0.15, 0.2) is 0 Å². The van der Waals surface area contributed by atoms with E-state index in [-0.39, 0.29) is 10.6 Å². The zero-order valence-corrected chi connectivity index (χ0v) is 9.93. The predicted molar refractivity (Wildman–Crippen MR) is 64.2 cm³/mol. The van der Waals surface area contributed by atoms with Gasteiger partial charge in [-0.15, -0.1) is 0 Å². The maximum atomic E-state index is 10.8. The lowest BCUT2D eigenvalue weighted by atomic mass is 10.1. The van der Waals surface area contributed by atoms with Gasteiger partial charge in [0.05, 0.1) is 4.92 Å². The Hall–Kier alpha value is -1.42. The molecule has 1 atom stereocenters. The minimum absolute atomic E-state index is 0.186. The Morgan fingerprint density at radius 3 is 2.50 bits per heavy atom. The van der Waals surface area contributed by atoms with Crippen molar-refractivity contribution >= 4 is 5.69 Å². The molecule has 0 fully saturated rings. The molecule has 0 aliphatic carbocycles. The number of para-hydroxylation sites is 1. The Morgan fingerprint density at radius 1 is 1.31 bits per heavy atom. The van der Waals surface area contributed by atoms with Gasteiger partial charge in [-0.25, -0.2) is 0 Å². The van der Waals surface area contributed by atoms with Gasteiger partial charge in [-0.2, -0.15) is 0 Å². The Morgan fingerprint density at radius 2 is 1.94 bits per heavy atom. The van der Waals surface area contributed by atoms with Crippen molar-refractivity contribution in [1.29, 1.82) is 0 Å². The standard InChI is InChI=1S/C12H18N2O2/c1-9(2)10(3)13-8-11-6-4-5-7-12(11)14(15)16/h4-7,9-10,13H,8H2,1-3H3. The van der Waals surface area contributed by atoms with E-state index in [0.29, 0.717) is 18.5 Å². The zero-order chi connectivity index (χ0) is 12.1. The van der Waals surface area contributed by atoms with Crippen molar-refractivity contribution in [1.82, 2.24) is 5.32 Å². The summed E-state index contributed by atoms with van der Waals surface area (Å²) in [5, 5.41) is 14.1. The summed E-state index contributed by atoms with van der Waals surface area (Å²) in [6.07, 6.45) is 0. The van der Waals surface area contributed by atoms with Crippen LogP contribution in [-0.2, 0) is 6.54 Å². The van der Waals surface area contributed by atoms with E-state index < -0.39 is 0 Å². The van der Waals surface area contributed by atoms with Crippen LogP contribution in [0.15, 0.2) is 24.3 Å². The summed E-state index contributed by atoms with van der Waals surface area (Å²) in [5.41, 5.74) is 0.922. The second-order valence-electron chi connectivity index (χ2n) is 4.30. The molecule has 0 amide bonds. The molecule has 0 aliphatic rings. The maximum absolute atomic E-state index is 10.8. The fourth-order valence-electron chi connectivity index (χ4n) is 1.35. The Kier molecular flexibility index (Phi) is 4.43. The average molecular weight is 222 g/mol. The molecular weight excluding hydrogens is 204 g/mol. The minimum Gasteiger partial charge on any atom is -0.310 e. The van der Waals surface area contributed by atoms with Crippen molar-refractivity contribution in [2.75, 3.05) is 0 Å². The lowest BCUT2D eigenvalue weighted by molar-refractivity contribution is -0.385. The first-order chi connectivity index (χ1) is 7.52. The van der Waals surface area contributed by atoms with Crippen LogP contribution in [0.3, 0.4) is 0 Å². The number of hydrogen-bond donors (Lipinski definition) is 1. The van der Waals surface area contributed by atoms with E-state index in [1.165, 1.54) is 6.07 Å². The molecule has 0 radical (unpaired) electrons. The van der Waals surface area contributed by atoms with Crippen molar-refractivity contribution in [3.63, 3.8) is 0 Å². The third kappa shape index (κ3) is 3.31. The van der Waals surface area contributed by atoms with Crippen LogP contribution in [-0.4, -0.2) is 11.0 Å². The topological polar surface area (TPSA) is 55.2 Å². The number of nitrogens with one attached hydrogen (secondary N) is 1. The maximum Gasteiger partial charge on any atom is 0.273 e. The van der Waals surface area contributed by atoms with Crippen LogP contribution < -0.4 is 5.32 Å². The van der Waals surface area contributed by atoms with Crippen LogP contribution in [0, 0.1) is 16.0 Å². The molecule has 4 nitrogen and oxygen atoms in total. The van der Waals surface area contributed by atoms with Crippen molar-refractivity contribution in [2.24, 2.45) is 5.92 Å². The number of nitrogens with zero attached hydrogens (tertiary/aromatic N) is 1. The normalized spacial score (nSPS) is 12.8. The van der Waals surface area contributed by atoms with E-state index in [0.717, 1.165) is 5.56 Å². The van der Waals surface area contributed by atoms with Gasteiger partial charge in [0, 0.05) is 24.2 Å². The second kappa shape index (κ2) is 5.61. The molecule has 1 N–H and O–H groups in total.